The molecule has 11 heteroatoms. The number of nitrogens with one attached hydrogen (secondary N) is 2. The predicted octanol–water partition coefficient (Wildman–Crippen LogP) is 3.96. The van der Waals surface area contributed by atoms with Gasteiger partial charge in [0.05, 0.1) is 11.5 Å². The second kappa shape index (κ2) is 11.2. The maximum atomic E-state index is 12.8. The lowest BCUT2D eigenvalue weighted by Gasteiger charge is -2.13. The third-order valence-electron chi connectivity index (χ3n) is 4.08. The van der Waals surface area contributed by atoms with E-state index in [1.165, 1.54) is 6.07 Å². The first-order chi connectivity index (χ1) is 14.8. The molecule has 0 unspecified atom stereocenters. The van der Waals surface area contributed by atoms with Gasteiger partial charge in [0.15, 0.2) is 0 Å². The molecule has 0 fully saturated rings. The van der Waals surface area contributed by atoms with Gasteiger partial charge in [-0.3, -0.25) is 10.1 Å². The van der Waals surface area contributed by atoms with Crippen LogP contribution in [0.2, 0.25) is 0 Å². The minimum atomic E-state index is -4.44. The Balaban J connectivity index is 2.27. The van der Waals surface area contributed by atoms with E-state index in [1.807, 2.05) is 18.6 Å². The molecule has 0 aromatic heterocycles. The van der Waals surface area contributed by atoms with Crippen molar-refractivity contribution in [2.75, 3.05) is 13.2 Å². The number of sulfonamides is 1. The number of rotatable bonds is 11. The van der Waals surface area contributed by atoms with Crippen molar-refractivity contribution in [2.24, 2.45) is 0 Å². The molecule has 0 bridgehead atoms. The van der Waals surface area contributed by atoms with Crippen molar-refractivity contribution in [1.29, 1.82) is 0 Å². The van der Waals surface area contributed by atoms with Crippen LogP contribution in [0.25, 0.3) is 0 Å². The van der Waals surface area contributed by atoms with Crippen LogP contribution in [0, 0.1) is 10.1 Å². The molecule has 168 valence electrons. The Labute approximate surface area is 180 Å². The normalized spacial score (nSPS) is 10.9. The predicted molar refractivity (Wildman–Crippen MR) is 114 cm³/mol. The standard InChI is InChI=1S/C20H25N3O7S/c1-3-5-6-13-21-20(24)22-31(27,28)19-14-15(23(25)26)7-12-18(19)30-17-10-8-16(9-11-17)29-4-2/h7-12,14H,3-6,13H2,1-2H3,(H2,21,22,24). The Morgan fingerprint density at radius 3 is 2.35 bits per heavy atom. The van der Waals surface area contributed by atoms with E-state index in [2.05, 4.69) is 5.32 Å². The molecule has 0 spiro atoms. The van der Waals surface area contributed by atoms with Crippen LogP contribution >= 0.6 is 0 Å². The van der Waals surface area contributed by atoms with Crippen LogP contribution in [0.4, 0.5) is 10.5 Å². The molecule has 2 aromatic carbocycles. The van der Waals surface area contributed by atoms with Gasteiger partial charge in [0.2, 0.25) is 0 Å². The second-order valence-corrected chi connectivity index (χ2v) is 8.11. The maximum absolute atomic E-state index is 12.8. The van der Waals surface area contributed by atoms with E-state index < -0.39 is 31.6 Å². The molecule has 0 aliphatic carbocycles. The summed E-state index contributed by atoms with van der Waals surface area (Å²) in [7, 11) is -4.44. The first-order valence-corrected chi connectivity index (χ1v) is 11.2. The van der Waals surface area contributed by atoms with Crippen LogP contribution in [-0.2, 0) is 10.0 Å². The zero-order valence-electron chi connectivity index (χ0n) is 17.3. The molecular weight excluding hydrogens is 426 g/mol. The summed E-state index contributed by atoms with van der Waals surface area (Å²) in [5.41, 5.74) is -0.456. The molecular formula is C20H25N3O7S. The minimum absolute atomic E-state index is 0.166. The largest absolute Gasteiger partial charge is 0.494 e. The Bertz CT molecular complexity index is 1010. The van der Waals surface area contributed by atoms with Crippen molar-refractivity contribution >= 4 is 21.7 Å². The monoisotopic (exact) mass is 451 g/mol. The molecule has 2 amide bonds. The highest BCUT2D eigenvalue weighted by Gasteiger charge is 2.25. The summed E-state index contributed by atoms with van der Waals surface area (Å²) in [6.07, 6.45) is 2.53. The number of hydrogen-bond donors (Lipinski definition) is 2. The summed E-state index contributed by atoms with van der Waals surface area (Å²) in [4.78, 5) is 21.9. The molecule has 0 saturated carbocycles. The van der Waals surface area contributed by atoms with Gasteiger partial charge < -0.3 is 14.8 Å². The van der Waals surface area contributed by atoms with E-state index >= 15 is 0 Å². The van der Waals surface area contributed by atoms with Crippen LogP contribution in [0.5, 0.6) is 17.2 Å². The number of carbonyl (C=O) groups is 1. The summed E-state index contributed by atoms with van der Waals surface area (Å²) in [6.45, 7) is 4.63. The van der Waals surface area contributed by atoms with Crippen LogP contribution in [-0.4, -0.2) is 32.5 Å². The lowest BCUT2D eigenvalue weighted by molar-refractivity contribution is -0.385. The third-order valence-corrected chi connectivity index (χ3v) is 5.44. The van der Waals surface area contributed by atoms with Crippen LogP contribution in [0.15, 0.2) is 47.4 Å². The second-order valence-electron chi connectivity index (χ2n) is 6.46. The fourth-order valence-electron chi connectivity index (χ4n) is 2.59. The molecule has 10 nitrogen and oxygen atoms in total. The van der Waals surface area contributed by atoms with Crippen molar-refractivity contribution in [3.05, 3.63) is 52.6 Å². The molecule has 0 atom stereocenters. The summed E-state index contributed by atoms with van der Waals surface area (Å²) in [5, 5.41) is 13.6. The van der Waals surface area contributed by atoms with Crippen LogP contribution in [0.1, 0.15) is 33.1 Å². The van der Waals surface area contributed by atoms with Gasteiger partial charge in [-0.05, 0) is 43.7 Å². The van der Waals surface area contributed by atoms with E-state index in [1.54, 1.807) is 24.3 Å². The van der Waals surface area contributed by atoms with Crippen molar-refractivity contribution in [3.63, 3.8) is 0 Å². The maximum Gasteiger partial charge on any atom is 0.328 e. The van der Waals surface area contributed by atoms with E-state index in [9.17, 15) is 23.3 Å². The number of amides is 2. The number of nitro groups is 1. The van der Waals surface area contributed by atoms with Gasteiger partial charge in [-0.15, -0.1) is 0 Å². The lowest BCUT2D eigenvalue weighted by Crippen LogP contribution is -2.39. The molecule has 0 aliphatic heterocycles. The third kappa shape index (κ3) is 7.14. The number of benzene rings is 2. The lowest BCUT2D eigenvalue weighted by atomic mass is 10.2. The number of ether oxygens (including phenoxy) is 2. The molecule has 0 radical (unpaired) electrons. The fraction of sp³-hybridized carbons (Fsp3) is 0.350. The molecule has 2 N–H and O–H groups in total. The molecule has 2 rings (SSSR count). The van der Waals surface area contributed by atoms with Crippen molar-refractivity contribution in [2.45, 2.75) is 38.0 Å². The Morgan fingerprint density at radius 2 is 1.74 bits per heavy atom. The Kier molecular flexibility index (Phi) is 8.62. The number of unbranched alkanes of at least 4 members (excludes halogenated alkanes) is 2. The average molecular weight is 452 g/mol. The minimum Gasteiger partial charge on any atom is -0.494 e. The topological polar surface area (TPSA) is 137 Å². The number of non-ortho nitro benzene ring substituents is 1. The van der Waals surface area contributed by atoms with E-state index in [0.717, 1.165) is 25.0 Å². The first kappa shape index (κ1) is 23.9. The Hall–Kier alpha value is -3.34. The van der Waals surface area contributed by atoms with Crippen molar-refractivity contribution in [1.82, 2.24) is 10.0 Å². The highest BCUT2D eigenvalue weighted by Crippen LogP contribution is 2.32. The van der Waals surface area contributed by atoms with Gasteiger partial charge in [-0.25, -0.2) is 17.9 Å². The van der Waals surface area contributed by atoms with E-state index in [0.29, 0.717) is 25.3 Å². The highest BCUT2D eigenvalue weighted by molar-refractivity contribution is 7.90. The number of carbonyl (C=O) groups excluding carboxylic acids is 1. The van der Waals surface area contributed by atoms with Gasteiger partial charge in [-0.2, -0.15) is 0 Å². The summed E-state index contributed by atoms with van der Waals surface area (Å²) in [5.74, 6) is 0.728. The smallest absolute Gasteiger partial charge is 0.328 e. The number of nitro benzene ring substituents is 1. The zero-order chi connectivity index (χ0) is 22.9. The highest BCUT2D eigenvalue weighted by atomic mass is 32.2. The van der Waals surface area contributed by atoms with Gasteiger partial charge in [0, 0.05) is 18.7 Å². The summed E-state index contributed by atoms with van der Waals surface area (Å²) < 4.78 is 38.4. The quantitative estimate of drug-likeness (QED) is 0.300. The van der Waals surface area contributed by atoms with Crippen molar-refractivity contribution in [3.8, 4) is 17.2 Å². The average Bonchev–Trinajstić information content (AvgIpc) is 2.72. The number of urea groups is 1. The van der Waals surface area contributed by atoms with E-state index in [-0.39, 0.29) is 11.5 Å². The number of nitrogens with zero attached hydrogens (tertiary/aromatic N) is 1. The zero-order valence-corrected chi connectivity index (χ0v) is 18.1. The first-order valence-electron chi connectivity index (χ1n) is 9.76. The molecule has 2 aromatic rings. The summed E-state index contributed by atoms with van der Waals surface area (Å²) in [6, 6.07) is 8.62. The van der Waals surface area contributed by atoms with Gasteiger partial charge in [-0.1, -0.05) is 19.8 Å². The molecule has 31 heavy (non-hydrogen) atoms. The number of hydrogen-bond acceptors (Lipinski definition) is 7. The van der Waals surface area contributed by atoms with Crippen LogP contribution < -0.4 is 19.5 Å². The SMILES string of the molecule is CCCCCNC(=O)NS(=O)(=O)c1cc([N+](=O)[O-])ccc1Oc1ccc(OCC)cc1. The molecule has 0 aliphatic rings. The van der Waals surface area contributed by atoms with E-state index in [4.69, 9.17) is 9.47 Å². The fourth-order valence-corrected chi connectivity index (χ4v) is 3.67. The van der Waals surface area contributed by atoms with Gasteiger partial charge in [0.1, 0.15) is 22.1 Å². The summed E-state index contributed by atoms with van der Waals surface area (Å²) >= 11 is 0. The van der Waals surface area contributed by atoms with Crippen LogP contribution in [0.3, 0.4) is 0 Å². The van der Waals surface area contributed by atoms with Crippen molar-refractivity contribution < 1.29 is 27.6 Å². The Morgan fingerprint density at radius 1 is 1.06 bits per heavy atom. The molecule has 0 heterocycles. The van der Waals surface area contributed by atoms with Gasteiger partial charge in [0.25, 0.3) is 15.7 Å². The molecule has 0 saturated heterocycles. The van der Waals surface area contributed by atoms with Gasteiger partial charge >= 0.3 is 6.03 Å².